The highest BCUT2D eigenvalue weighted by molar-refractivity contribution is 7.90. The molecule has 0 atom stereocenters. The molecular formula is C11H13N3O5S. The van der Waals surface area contributed by atoms with Crippen LogP contribution < -0.4 is 5.32 Å². The second-order valence-corrected chi connectivity index (χ2v) is 5.54. The lowest BCUT2D eigenvalue weighted by Gasteiger charge is -2.17. The van der Waals surface area contributed by atoms with Crippen LogP contribution in [0.15, 0.2) is 27.5 Å². The van der Waals surface area contributed by atoms with Crippen LogP contribution in [-0.4, -0.2) is 32.4 Å². The lowest BCUT2D eigenvalue weighted by molar-refractivity contribution is -0.387. The molecule has 9 heteroatoms. The topological polar surface area (TPSA) is 111 Å². The molecule has 8 nitrogen and oxygen atoms in total. The predicted octanol–water partition coefficient (Wildman–Crippen LogP) is 1.53. The number of ether oxygens (including phenoxy) is 1. The summed E-state index contributed by atoms with van der Waals surface area (Å²) in [5, 5.41) is 13.7. The first-order valence-corrected chi connectivity index (χ1v) is 7.35. The Balaban J connectivity index is 2.40. The second kappa shape index (κ2) is 5.55. The fraction of sp³-hybridized carbons (Fsp3) is 0.364. The normalized spacial score (nSPS) is 15.9. The number of anilines is 1. The van der Waals surface area contributed by atoms with Gasteiger partial charge in [0, 0.05) is 19.1 Å². The number of hydrogen-bond acceptors (Lipinski definition) is 6. The number of nitrogens with zero attached hydrogens (tertiary/aromatic N) is 2. The number of rotatable bonds is 5. The van der Waals surface area contributed by atoms with Gasteiger partial charge in [0.2, 0.25) is 0 Å². The van der Waals surface area contributed by atoms with Crippen LogP contribution in [0.4, 0.5) is 11.4 Å². The Bertz CT molecular complexity index is 669. The lowest BCUT2D eigenvalue weighted by atomic mass is 10.2. The molecule has 1 N–H and O–H groups in total. The monoisotopic (exact) mass is 299 g/mol. The van der Waals surface area contributed by atoms with Crippen molar-refractivity contribution in [1.82, 2.24) is 0 Å². The van der Waals surface area contributed by atoms with E-state index in [9.17, 15) is 18.5 Å². The van der Waals surface area contributed by atoms with Crippen molar-refractivity contribution < 1.29 is 18.1 Å². The Hall–Kier alpha value is -2.00. The van der Waals surface area contributed by atoms with Crippen LogP contribution in [0.1, 0.15) is 13.3 Å². The van der Waals surface area contributed by atoms with E-state index in [0.29, 0.717) is 13.2 Å². The third kappa shape index (κ3) is 2.78. The molecule has 0 aliphatic carbocycles. The Morgan fingerprint density at radius 1 is 1.45 bits per heavy atom. The number of hydrogen-bond donors (Lipinski definition) is 1. The van der Waals surface area contributed by atoms with E-state index in [4.69, 9.17) is 4.74 Å². The maximum Gasteiger partial charge on any atom is 0.292 e. The van der Waals surface area contributed by atoms with E-state index < -0.39 is 25.5 Å². The van der Waals surface area contributed by atoms with Crippen molar-refractivity contribution in [3.05, 3.63) is 28.3 Å². The molecule has 0 saturated carbocycles. The van der Waals surface area contributed by atoms with Crippen molar-refractivity contribution in [3.63, 3.8) is 0 Å². The maximum atomic E-state index is 12.1. The molecule has 0 aromatic heterocycles. The first-order chi connectivity index (χ1) is 9.45. The van der Waals surface area contributed by atoms with Gasteiger partial charge in [0.15, 0.2) is 4.90 Å². The molecule has 1 aromatic carbocycles. The van der Waals surface area contributed by atoms with Gasteiger partial charge >= 0.3 is 0 Å². The summed E-state index contributed by atoms with van der Waals surface area (Å²) in [4.78, 5) is 9.76. The summed E-state index contributed by atoms with van der Waals surface area (Å²) in [5.41, 5.74) is -0.316. The Morgan fingerprint density at radius 3 is 2.85 bits per heavy atom. The summed E-state index contributed by atoms with van der Waals surface area (Å²) >= 11 is 0. The zero-order chi connectivity index (χ0) is 14.8. The van der Waals surface area contributed by atoms with Crippen LogP contribution in [-0.2, 0) is 14.8 Å². The molecule has 108 valence electrons. The largest absolute Gasteiger partial charge is 0.381 e. The summed E-state index contributed by atoms with van der Waals surface area (Å²) in [6, 6.07) is 4.03. The van der Waals surface area contributed by atoms with Gasteiger partial charge in [0.1, 0.15) is 5.84 Å². The second-order valence-electron chi connectivity index (χ2n) is 4.00. The van der Waals surface area contributed by atoms with Gasteiger partial charge in [0.05, 0.1) is 17.2 Å². The molecule has 1 heterocycles. The van der Waals surface area contributed by atoms with Crippen molar-refractivity contribution in [1.29, 1.82) is 0 Å². The smallest absolute Gasteiger partial charge is 0.292 e. The minimum atomic E-state index is -4.08. The van der Waals surface area contributed by atoms with Crippen LogP contribution in [0.25, 0.3) is 0 Å². The van der Waals surface area contributed by atoms with Crippen LogP contribution in [0.3, 0.4) is 0 Å². The van der Waals surface area contributed by atoms with E-state index in [1.54, 1.807) is 0 Å². The summed E-state index contributed by atoms with van der Waals surface area (Å²) in [5.74, 6) is 0.214. The maximum absolute atomic E-state index is 12.1. The van der Waals surface area contributed by atoms with E-state index in [2.05, 4.69) is 9.71 Å². The minimum Gasteiger partial charge on any atom is -0.381 e. The Morgan fingerprint density at radius 2 is 2.20 bits per heavy atom. The van der Waals surface area contributed by atoms with Crippen LogP contribution in [0, 0.1) is 10.1 Å². The standard InChI is InChI=1S/C11H13N3O5S/c1-2-19-7-6-10-12-8-4-3-5-9(14(15)16)11(8)20(17,18)13-10/h3-5H,2,6-7H2,1H3,(H,12,13). The average Bonchev–Trinajstić information content (AvgIpc) is 2.37. The van der Waals surface area contributed by atoms with Crippen molar-refractivity contribution in [3.8, 4) is 0 Å². The van der Waals surface area contributed by atoms with Crippen molar-refractivity contribution in [2.75, 3.05) is 18.5 Å². The summed E-state index contributed by atoms with van der Waals surface area (Å²) in [7, 11) is -4.08. The van der Waals surface area contributed by atoms with E-state index in [1.807, 2.05) is 6.92 Å². The van der Waals surface area contributed by atoms with Crippen molar-refractivity contribution >= 4 is 27.2 Å². The number of amidine groups is 1. The molecular weight excluding hydrogens is 286 g/mol. The predicted molar refractivity (Wildman–Crippen MR) is 72.4 cm³/mol. The zero-order valence-corrected chi connectivity index (χ0v) is 11.5. The van der Waals surface area contributed by atoms with Crippen LogP contribution >= 0.6 is 0 Å². The molecule has 2 rings (SSSR count). The fourth-order valence-electron chi connectivity index (χ4n) is 1.83. The van der Waals surface area contributed by atoms with Crippen molar-refractivity contribution in [2.24, 2.45) is 4.40 Å². The lowest BCUT2D eigenvalue weighted by Crippen LogP contribution is -2.23. The highest BCUT2D eigenvalue weighted by Gasteiger charge is 2.33. The van der Waals surface area contributed by atoms with Gasteiger partial charge < -0.3 is 10.1 Å². The molecule has 20 heavy (non-hydrogen) atoms. The Kier molecular flexibility index (Phi) is 4.00. The van der Waals surface area contributed by atoms with Crippen LogP contribution in [0.5, 0.6) is 0 Å². The van der Waals surface area contributed by atoms with E-state index in [0.717, 1.165) is 6.07 Å². The molecule has 0 fully saturated rings. The van der Waals surface area contributed by atoms with Gasteiger partial charge in [0.25, 0.3) is 15.7 Å². The van der Waals surface area contributed by atoms with Crippen LogP contribution in [0.2, 0.25) is 0 Å². The molecule has 0 radical (unpaired) electrons. The summed E-state index contributed by atoms with van der Waals surface area (Å²) in [6.07, 6.45) is 0.287. The number of benzene rings is 1. The molecule has 0 unspecified atom stereocenters. The molecule has 1 aromatic rings. The van der Waals surface area contributed by atoms with Gasteiger partial charge in [-0.15, -0.1) is 4.40 Å². The first-order valence-electron chi connectivity index (χ1n) is 5.91. The van der Waals surface area contributed by atoms with Gasteiger partial charge in [-0.05, 0) is 13.0 Å². The zero-order valence-electron chi connectivity index (χ0n) is 10.7. The van der Waals surface area contributed by atoms with E-state index in [1.165, 1.54) is 12.1 Å². The van der Waals surface area contributed by atoms with E-state index in [-0.39, 0.29) is 17.9 Å². The molecule has 0 spiro atoms. The number of nitro groups is 1. The highest BCUT2D eigenvalue weighted by Crippen LogP contribution is 2.35. The van der Waals surface area contributed by atoms with Gasteiger partial charge in [-0.1, -0.05) is 6.07 Å². The average molecular weight is 299 g/mol. The first kappa shape index (κ1) is 14.4. The number of nitro benzene ring substituents is 1. The van der Waals surface area contributed by atoms with Gasteiger partial charge in [-0.2, -0.15) is 8.42 Å². The highest BCUT2D eigenvalue weighted by atomic mass is 32.2. The molecule has 1 aliphatic heterocycles. The molecule has 0 bridgehead atoms. The molecule has 0 amide bonds. The quantitative estimate of drug-likeness (QED) is 0.501. The Labute approximate surface area is 115 Å². The number of sulfonamides is 1. The minimum absolute atomic E-state index is 0.167. The van der Waals surface area contributed by atoms with Gasteiger partial charge in [-0.3, -0.25) is 10.1 Å². The van der Waals surface area contributed by atoms with Gasteiger partial charge in [-0.25, -0.2) is 0 Å². The fourth-order valence-corrected chi connectivity index (χ4v) is 3.15. The number of nitrogens with one attached hydrogen (secondary N) is 1. The van der Waals surface area contributed by atoms with E-state index >= 15 is 0 Å². The summed E-state index contributed by atoms with van der Waals surface area (Å²) in [6.45, 7) is 2.66. The molecule has 1 aliphatic rings. The summed E-state index contributed by atoms with van der Waals surface area (Å²) < 4.78 is 32.8. The SMILES string of the molecule is CCOCCC1=NS(=O)(=O)c2c(cccc2[N+](=O)[O-])N1. The number of fused-ring (bicyclic) bond motifs is 1. The van der Waals surface area contributed by atoms with Crippen molar-refractivity contribution in [2.45, 2.75) is 18.2 Å². The third-order valence-electron chi connectivity index (χ3n) is 2.65. The third-order valence-corrected chi connectivity index (χ3v) is 4.05. The molecule has 0 saturated heterocycles.